The Morgan fingerprint density at radius 2 is 1.73 bits per heavy atom. The first-order chi connectivity index (χ1) is 21.4. The predicted octanol–water partition coefficient (Wildman–Crippen LogP) is 6.54. The van der Waals surface area contributed by atoms with Crippen molar-refractivity contribution in [2.75, 3.05) is 18.5 Å². The van der Waals surface area contributed by atoms with Crippen molar-refractivity contribution in [1.29, 1.82) is 0 Å². The summed E-state index contributed by atoms with van der Waals surface area (Å²) in [4.78, 5) is 53.4. The van der Waals surface area contributed by atoms with Gasteiger partial charge in [0.15, 0.2) is 0 Å². The largest absolute Gasteiger partial charge is 0.475 e. The molecule has 0 radical (unpaired) electrons. The van der Waals surface area contributed by atoms with Crippen molar-refractivity contribution in [2.24, 2.45) is 23.7 Å². The zero-order chi connectivity index (χ0) is 32.3. The van der Waals surface area contributed by atoms with Crippen LogP contribution in [-0.2, 0) is 14.3 Å². The van der Waals surface area contributed by atoms with Crippen LogP contribution in [0.4, 0.5) is 14.9 Å². The van der Waals surface area contributed by atoms with E-state index in [1.54, 1.807) is 43.9 Å². The lowest BCUT2D eigenvalue weighted by Gasteiger charge is -2.37. The van der Waals surface area contributed by atoms with E-state index in [1.165, 1.54) is 12.5 Å². The van der Waals surface area contributed by atoms with Crippen molar-refractivity contribution in [3.8, 4) is 0 Å². The molecule has 2 aromatic rings. The van der Waals surface area contributed by atoms with Crippen LogP contribution in [0.25, 0.3) is 11.0 Å². The van der Waals surface area contributed by atoms with Gasteiger partial charge in [-0.05, 0) is 94.9 Å². The number of carboxylic acid groups (broad SMARTS) is 1. The van der Waals surface area contributed by atoms with Gasteiger partial charge in [-0.3, -0.25) is 9.59 Å². The number of carbonyl (C=O) groups is 4. The van der Waals surface area contributed by atoms with Gasteiger partial charge in [0.05, 0.1) is 6.04 Å². The number of amides is 3. The van der Waals surface area contributed by atoms with Gasteiger partial charge in [0, 0.05) is 23.5 Å². The third-order valence-electron chi connectivity index (χ3n) is 9.80. The molecule has 3 fully saturated rings. The lowest BCUT2D eigenvalue weighted by Crippen LogP contribution is -2.50. The fraction of sp³-hybridized carbons (Fsp3) is 0.647. The number of carboxylic acids is 1. The molecule has 2 saturated carbocycles. The van der Waals surface area contributed by atoms with Crippen molar-refractivity contribution >= 4 is 40.5 Å². The fourth-order valence-corrected chi connectivity index (χ4v) is 7.64. The summed E-state index contributed by atoms with van der Waals surface area (Å²) in [6, 6.07) is 5.16. The number of aromatic carboxylic acids is 1. The Labute approximate surface area is 263 Å². The van der Waals surface area contributed by atoms with E-state index in [0.29, 0.717) is 54.8 Å². The summed E-state index contributed by atoms with van der Waals surface area (Å²) >= 11 is 0. The van der Waals surface area contributed by atoms with Gasteiger partial charge in [-0.15, -0.1) is 0 Å². The van der Waals surface area contributed by atoms with Crippen LogP contribution in [0.2, 0.25) is 0 Å². The molecule has 10 nitrogen and oxygen atoms in total. The van der Waals surface area contributed by atoms with Crippen LogP contribution in [0.15, 0.2) is 28.7 Å². The summed E-state index contributed by atoms with van der Waals surface area (Å²) in [6.45, 7) is 5.09. The maximum Gasteiger partial charge on any atom is 0.407 e. The highest BCUT2D eigenvalue weighted by Crippen LogP contribution is 2.41. The average molecular weight is 628 g/mol. The molecule has 1 unspecified atom stereocenters. The molecule has 1 aromatic heterocycles. The van der Waals surface area contributed by atoms with Crippen LogP contribution >= 0.6 is 0 Å². The van der Waals surface area contributed by atoms with Crippen molar-refractivity contribution in [2.45, 2.75) is 103 Å². The fourth-order valence-electron chi connectivity index (χ4n) is 7.64. The molecule has 3 atom stereocenters. The number of ether oxygens (including phenoxy) is 1. The lowest BCUT2D eigenvalue weighted by atomic mass is 9.76. The van der Waals surface area contributed by atoms with Gasteiger partial charge >= 0.3 is 12.1 Å². The molecule has 5 rings (SSSR count). The second-order valence-corrected chi connectivity index (χ2v) is 14.0. The molecule has 45 heavy (non-hydrogen) atoms. The molecule has 2 heterocycles. The van der Waals surface area contributed by atoms with Crippen molar-refractivity contribution in [3.05, 3.63) is 30.0 Å². The van der Waals surface area contributed by atoms with Crippen molar-refractivity contribution in [1.82, 2.24) is 10.2 Å². The van der Waals surface area contributed by atoms with Crippen molar-refractivity contribution in [3.63, 3.8) is 0 Å². The van der Waals surface area contributed by atoms with Crippen molar-refractivity contribution < 1.29 is 37.8 Å². The van der Waals surface area contributed by atoms with Gasteiger partial charge in [-0.2, -0.15) is 0 Å². The molecular weight excluding hydrogens is 581 g/mol. The van der Waals surface area contributed by atoms with Gasteiger partial charge < -0.3 is 29.8 Å². The Hall–Kier alpha value is -3.63. The maximum absolute atomic E-state index is 14.0. The summed E-state index contributed by atoms with van der Waals surface area (Å²) in [5.41, 5.74) is 0.246. The molecule has 3 amide bonds. The zero-order valence-corrected chi connectivity index (χ0v) is 26.5. The Morgan fingerprint density at radius 3 is 2.38 bits per heavy atom. The van der Waals surface area contributed by atoms with Crippen LogP contribution in [0.1, 0.15) is 95.5 Å². The smallest absolute Gasteiger partial charge is 0.407 e. The van der Waals surface area contributed by atoms with Gasteiger partial charge in [-0.25, -0.2) is 14.0 Å². The highest BCUT2D eigenvalue weighted by Gasteiger charge is 2.47. The van der Waals surface area contributed by atoms with E-state index in [4.69, 9.17) is 9.15 Å². The molecule has 11 heteroatoms. The minimum absolute atomic E-state index is 0.0276. The highest BCUT2D eigenvalue weighted by molar-refractivity contribution is 6.00. The van der Waals surface area contributed by atoms with Crippen LogP contribution in [0, 0.1) is 23.7 Å². The Bertz CT molecular complexity index is 1390. The summed E-state index contributed by atoms with van der Waals surface area (Å²) in [6.07, 6.45) is 8.02. The molecule has 3 aliphatic rings. The van der Waals surface area contributed by atoms with E-state index in [-0.39, 0.29) is 35.3 Å². The van der Waals surface area contributed by atoms with Crippen LogP contribution in [0.5, 0.6) is 0 Å². The predicted molar refractivity (Wildman–Crippen MR) is 167 cm³/mol. The number of alkyl carbamates (subject to hydrolysis) is 1. The number of alkyl halides is 1. The number of likely N-dealkylation sites (tertiary alicyclic amines) is 1. The number of nitrogens with one attached hydrogen (secondary N) is 2. The van der Waals surface area contributed by atoms with E-state index in [9.17, 15) is 28.7 Å². The van der Waals surface area contributed by atoms with Crippen LogP contribution in [0.3, 0.4) is 0 Å². The highest BCUT2D eigenvalue weighted by atomic mass is 19.1. The molecule has 2 aliphatic carbocycles. The molecule has 0 spiro atoms. The maximum atomic E-state index is 14.0. The van der Waals surface area contributed by atoms with E-state index >= 15 is 0 Å². The molecular formula is C34H46FN3O7. The van der Waals surface area contributed by atoms with E-state index in [1.807, 2.05) is 0 Å². The van der Waals surface area contributed by atoms with Gasteiger partial charge in [-0.1, -0.05) is 32.1 Å². The van der Waals surface area contributed by atoms with Crippen LogP contribution in [-0.4, -0.2) is 64.8 Å². The average Bonchev–Trinajstić information content (AvgIpc) is 3.64. The van der Waals surface area contributed by atoms with E-state index in [0.717, 1.165) is 32.1 Å². The third kappa shape index (κ3) is 7.79. The first kappa shape index (κ1) is 32.8. The van der Waals surface area contributed by atoms with Gasteiger partial charge in [0.25, 0.3) is 0 Å². The van der Waals surface area contributed by atoms with Gasteiger partial charge in [0.2, 0.25) is 17.6 Å². The zero-order valence-electron chi connectivity index (χ0n) is 26.5. The number of fused-ring (bicyclic) bond motifs is 1. The number of nitrogens with zero attached hydrogens (tertiary/aromatic N) is 1. The minimum atomic E-state index is -1.17. The minimum Gasteiger partial charge on any atom is -0.475 e. The molecule has 1 aromatic carbocycles. The lowest BCUT2D eigenvalue weighted by molar-refractivity contribution is -0.142. The summed E-state index contributed by atoms with van der Waals surface area (Å²) in [5, 5.41) is 15.5. The topological polar surface area (TPSA) is 138 Å². The Kier molecular flexibility index (Phi) is 10.0. The Balaban J connectivity index is 1.27. The number of rotatable bonds is 8. The number of hydrogen-bond acceptors (Lipinski definition) is 6. The standard InChI is InChI=1S/C34H46FN3O7/c1-34(2,3)45-33(43)37-26(19-35)21-9-11-22(12-10-21)31(40)38-16-15-25(20-7-5-4-6-8-20)29(38)30(39)36-24-13-14-27-23(17-24)18-28(44-27)32(41)42/h13-14,17-18,20-22,25-26,29H,4-12,15-16,19H2,1-3H3,(H,36,39)(H,37,43)(H,41,42)/t21?,22?,25-,26?,29-/m0/s1. The van der Waals surface area contributed by atoms with Gasteiger partial charge in [0.1, 0.15) is 23.9 Å². The second-order valence-electron chi connectivity index (χ2n) is 14.0. The first-order valence-electron chi connectivity index (χ1n) is 16.4. The quantitative estimate of drug-likeness (QED) is 0.302. The number of hydrogen-bond donors (Lipinski definition) is 3. The van der Waals surface area contributed by atoms with E-state index in [2.05, 4.69) is 10.6 Å². The summed E-state index contributed by atoms with van der Waals surface area (Å²) in [5.74, 6) is -1.52. The number of halogens is 1. The molecule has 3 N–H and O–H groups in total. The second kappa shape index (κ2) is 13.8. The monoisotopic (exact) mass is 627 g/mol. The SMILES string of the molecule is CC(C)(C)OC(=O)NC(CF)C1CCC(C(=O)N2CC[C@@H](C3CCCCC3)[C@H]2C(=O)Nc2ccc3oc(C(=O)O)cc3c2)CC1. The normalized spacial score (nSPS) is 25.1. The molecule has 1 saturated heterocycles. The Morgan fingerprint density at radius 1 is 1.02 bits per heavy atom. The summed E-state index contributed by atoms with van der Waals surface area (Å²) in [7, 11) is 0. The van der Waals surface area contributed by atoms with E-state index < -0.39 is 36.4 Å². The first-order valence-corrected chi connectivity index (χ1v) is 16.4. The molecule has 246 valence electrons. The molecule has 0 bridgehead atoms. The summed E-state index contributed by atoms with van der Waals surface area (Å²) < 4.78 is 24.6. The number of furan rings is 1. The van der Waals surface area contributed by atoms with Crippen LogP contribution < -0.4 is 10.6 Å². The number of benzene rings is 1. The number of carbonyl (C=O) groups excluding carboxylic acids is 3. The third-order valence-corrected chi connectivity index (χ3v) is 9.80. The number of anilines is 1. The molecule has 1 aliphatic heterocycles.